The summed E-state index contributed by atoms with van der Waals surface area (Å²) in [5, 5.41) is 0. The zero-order valence-electron chi connectivity index (χ0n) is 37.0. The summed E-state index contributed by atoms with van der Waals surface area (Å²) in [4.78, 5) is 73.1. The fraction of sp³-hybridized carbons (Fsp3) is 0.732. The zero-order chi connectivity index (χ0) is 46.0. The van der Waals surface area contributed by atoms with E-state index >= 15 is 0 Å². The van der Waals surface area contributed by atoms with Crippen LogP contribution in [0.1, 0.15) is 95.9 Å². The molecule has 0 amide bonds. The van der Waals surface area contributed by atoms with Crippen LogP contribution in [0, 0.1) is 29.1 Å². The number of halogens is 5. The van der Waals surface area contributed by atoms with Gasteiger partial charge in [0.2, 0.25) is 34.8 Å². The highest BCUT2D eigenvalue weighted by molar-refractivity contribution is 5.78. The Morgan fingerprint density at radius 1 is 0.467 bits per heavy atom. The summed E-state index contributed by atoms with van der Waals surface area (Å²) >= 11 is 0. The van der Waals surface area contributed by atoms with Gasteiger partial charge in [-0.25, -0.2) is 13.2 Å². The Labute approximate surface area is 349 Å². The van der Waals surface area contributed by atoms with Crippen LogP contribution in [0.25, 0.3) is 0 Å². The number of hydrogen-bond acceptors (Lipinski definition) is 14. The van der Waals surface area contributed by atoms with Crippen LogP contribution in [0.15, 0.2) is 0 Å². The summed E-state index contributed by atoms with van der Waals surface area (Å²) in [5.41, 5.74) is -3.38. The molecule has 0 bridgehead atoms. The largest absolute Gasteiger partial charge is 0.459 e. The van der Waals surface area contributed by atoms with E-state index in [1.165, 1.54) is 0 Å². The summed E-state index contributed by atoms with van der Waals surface area (Å²) in [7, 11) is 0. The van der Waals surface area contributed by atoms with E-state index in [2.05, 4.69) is 4.74 Å². The first kappa shape index (κ1) is 52.2. The molecule has 1 aliphatic rings. The molecule has 0 aromatic heterocycles. The summed E-state index contributed by atoms with van der Waals surface area (Å²) in [6, 6.07) is -1.26. The lowest BCUT2D eigenvalue weighted by molar-refractivity contribution is -0.163. The number of rotatable bonds is 12. The maximum atomic E-state index is 14.4. The molecule has 1 fully saturated rings. The minimum absolute atomic E-state index is 0.0474. The van der Waals surface area contributed by atoms with Gasteiger partial charge in [-0.3, -0.25) is 43.6 Å². The van der Waals surface area contributed by atoms with Crippen LogP contribution in [0.5, 0.6) is 5.75 Å². The fourth-order valence-corrected chi connectivity index (χ4v) is 5.92. The molecular weight excluding hydrogens is 803 g/mol. The SMILES string of the molecule is CC(C)(C)OC(=O)CN1CCN(CC(=O)OC(C)(C)C)CCN(C(CCC(=O)Oc2c(F)c(F)c(F)c(F)c2F)C(=O)OC(C)(C)C)CCN(CC(=O)OC(C)(C)C)CC1. The molecule has 1 heterocycles. The Hall–Kier alpha value is -3.94. The van der Waals surface area contributed by atoms with Crippen molar-refractivity contribution >= 4 is 29.8 Å². The lowest BCUT2D eigenvalue weighted by Crippen LogP contribution is -2.53. The maximum Gasteiger partial charge on any atom is 0.323 e. The molecule has 0 radical (unpaired) electrons. The van der Waals surface area contributed by atoms with Gasteiger partial charge in [0.1, 0.15) is 28.4 Å². The average Bonchev–Trinajstić information content (AvgIpc) is 3.05. The van der Waals surface area contributed by atoms with Gasteiger partial charge in [0.05, 0.1) is 19.6 Å². The minimum Gasteiger partial charge on any atom is -0.459 e. The Kier molecular flexibility index (Phi) is 18.9. The van der Waals surface area contributed by atoms with Gasteiger partial charge in [0, 0.05) is 58.8 Å². The third kappa shape index (κ3) is 19.2. The first-order valence-electron chi connectivity index (χ1n) is 19.9. The van der Waals surface area contributed by atoms with Crippen molar-refractivity contribution in [3.8, 4) is 5.75 Å². The van der Waals surface area contributed by atoms with Gasteiger partial charge in [0.25, 0.3) is 0 Å². The van der Waals surface area contributed by atoms with Crippen molar-refractivity contribution in [2.24, 2.45) is 0 Å². The van der Waals surface area contributed by atoms with E-state index in [1.54, 1.807) is 97.8 Å². The lowest BCUT2D eigenvalue weighted by Gasteiger charge is -2.37. The standard InChI is InChI=1S/C41H63F5N4O10/c1-38(2,3)57-28(52)23-47-15-17-48(24-29(53)58-39(4,5)6)19-21-50(22-20-49(18-16-47)25-30(54)59-40(7,8)9)26(37(55)60-41(10,11)12)13-14-27(51)56-36-34(45)32(43)31(42)33(44)35(36)46/h26H,13-25H2,1-12H3. The Morgan fingerprint density at radius 3 is 1.08 bits per heavy atom. The van der Waals surface area contributed by atoms with Crippen LogP contribution in [0.4, 0.5) is 22.0 Å². The molecule has 0 aliphatic carbocycles. The molecule has 1 aliphatic heterocycles. The summed E-state index contributed by atoms with van der Waals surface area (Å²) in [5.74, 6) is -17.3. The molecule has 2 rings (SSSR count). The van der Waals surface area contributed by atoms with E-state index in [4.69, 9.17) is 18.9 Å². The van der Waals surface area contributed by atoms with Gasteiger partial charge >= 0.3 is 29.8 Å². The lowest BCUT2D eigenvalue weighted by atomic mass is 10.1. The Balaban J connectivity index is 2.57. The molecule has 1 atom stereocenters. The van der Waals surface area contributed by atoms with Crippen molar-refractivity contribution < 1.29 is 69.6 Å². The Morgan fingerprint density at radius 2 is 0.767 bits per heavy atom. The van der Waals surface area contributed by atoms with E-state index in [9.17, 15) is 45.9 Å². The molecule has 1 aromatic carbocycles. The molecule has 19 heteroatoms. The van der Waals surface area contributed by atoms with E-state index in [-0.39, 0.29) is 72.0 Å². The summed E-state index contributed by atoms with van der Waals surface area (Å²) < 4.78 is 97.3. The summed E-state index contributed by atoms with van der Waals surface area (Å²) in [6.45, 7) is 21.3. The second-order valence-electron chi connectivity index (χ2n) is 18.6. The van der Waals surface area contributed by atoms with Crippen LogP contribution >= 0.6 is 0 Å². The molecule has 0 saturated carbocycles. The van der Waals surface area contributed by atoms with E-state index in [1.807, 2.05) is 4.90 Å². The van der Waals surface area contributed by atoms with Crippen molar-refractivity contribution in [1.29, 1.82) is 0 Å². The number of carbonyl (C=O) groups excluding carboxylic acids is 5. The van der Waals surface area contributed by atoms with Gasteiger partial charge in [-0.05, 0) is 89.5 Å². The first-order valence-corrected chi connectivity index (χ1v) is 19.9. The Bertz CT molecular complexity index is 1600. The number of benzene rings is 1. The van der Waals surface area contributed by atoms with Gasteiger partial charge in [-0.15, -0.1) is 0 Å². The van der Waals surface area contributed by atoms with Crippen LogP contribution in [0.2, 0.25) is 0 Å². The van der Waals surface area contributed by atoms with Gasteiger partial charge in [0.15, 0.2) is 0 Å². The second-order valence-corrected chi connectivity index (χ2v) is 18.6. The van der Waals surface area contributed by atoms with Crippen LogP contribution in [-0.2, 0) is 42.9 Å². The minimum atomic E-state index is -2.43. The number of carbonyl (C=O) groups is 5. The molecule has 60 heavy (non-hydrogen) atoms. The molecule has 0 spiro atoms. The molecule has 14 nitrogen and oxygen atoms in total. The topological polar surface area (TPSA) is 144 Å². The molecule has 1 aromatic rings. The highest BCUT2D eigenvalue weighted by Crippen LogP contribution is 2.30. The molecule has 1 saturated heterocycles. The third-order valence-corrected chi connectivity index (χ3v) is 8.32. The van der Waals surface area contributed by atoms with Crippen molar-refractivity contribution in [3.05, 3.63) is 29.1 Å². The quantitative estimate of drug-likeness (QED) is 0.0693. The van der Waals surface area contributed by atoms with Crippen LogP contribution < -0.4 is 4.74 Å². The van der Waals surface area contributed by atoms with Gasteiger partial charge in [-0.2, -0.15) is 8.78 Å². The highest BCUT2D eigenvalue weighted by Gasteiger charge is 2.34. The highest BCUT2D eigenvalue weighted by atomic mass is 19.2. The third-order valence-electron chi connectivity index (χ3n) is 8.32. The normalized spacial score (nSPS) is 16.9. The van der Waals surface area contributed by atoms with Gasteiger partial charge in [-0.1, -0.05) is 0 Å². The van der Waals surface area contributed by atoms with Crippen molar-refractivity contribution in [2.75, 3.05) is 72.0 Å². The average molecular weight is 867 g/mol. The molecule has 1 unspecified atom stereocenters. The fourth-order valence-electron chi connectivity index (χ4n) is 5.92. The first-order chi connectivity index (χ1) is 27.3. The van der Waals surface area contributed by atoms with Crippen LogP contribution in [0.3, 0.4) is 0 Å². The van der Waals surface area contributed by atoms with Crippen LogP contribution in [-0.4, -0.2) is 150 Å². The zero-order valence-corrected chi connectivity index (χ0v) is 37.0. The number of esters is 5. The summed E-state index contributed by atoms with van der Waals surface area (Å²) in [6.07, 6.45) is -1.13. The molecule has 0 N–H and O–H groups in total. The maximum absolute atomic E-state index is 14.4. The second kappa shape index (κ2) is 21.7. The number of nitrogens with zero attached hydrogens (tertiary/aromatic N) is 4. The number of ether oxygens (including phenoxy) is 5. The van der Waals surface area contributed by atoms with Crippen molar-refractivity contribution in [3.63, 3.8) is 0 Å². The molecule has 342 valence electrons. The monoisotopic (exact) mass is 866 g/mol. The van der Waals surface area contributed by atoms with E-state index < -0.39 is 106 Å². The predicted octanol–water partition coefficient (Wildman–Crippen LogP) is 5.02. The number of hydrogen-bond donors (Lipinski definition) is 0. The van der Waals surface area contributed by atoms with Crippen molar-refractivity contribution in [2.45, 2.75) is 124 Å². The smallest absolute Gasteiger partial charge is 0.323 e. The predicted molar refractivity (Wildman–Crippen MR) is 209 cm³/mol. The van der Waals surface area contributed by atoms with Crippen molar-refractivity contribution in [1.82, 2.24) is 19.6 Å². The molecular formula is C41H63F5N4O10. The van der Waals surface area contributed by atoms with E-state index in [0.717, 1.165) is 0 Å². The van der Waals surface area contributed by atoms with E-state index in [0.29, 0.717) is 0 Å². The van der Waals surface area contributed by atoms with Gasteiger partial charge < -0.3 is 23.7 Å².